The van der Waals surface area contributed by atoms with Crippen LogP contribution in [0.5, 0.6) is 0 Å². The number of carbonyl (C=O) groups is 1. The summed E-state index contributed by atoms with van der Waals surface area (Å²) >= 11 is 0. The van der Waals surface area contributed by atoms with Gasteiger partial charge in [0, 0.05) is 85.2 Å². The fourth-order valence-corrected chi connectivity index (χ4v) is 5.13. The SMILES string of the molecule is O=C1CC=CC=N1.O=c1ccnc[nH]1.O=c1cncc[nH]1.c1c[nH]cn1.c1ccc2[nH]cnc2c1.c1ccc2[nH]ncc2c1.c1ccc2n[nH]nc2c1.c1cn[nH]c1.c1cn[nH]n1.c1nc[nH]n1.c1ncc2cc[nH]c2n1. The molecule has 1 amide bonds. The molecule has 1 aliphatic rings. The Morgan fingerprint density at radius 2 is 1.22 bits per heavy atom. The van der Waals surface area contributed by atoms with Gasteiger partial charge in [0.05, 0.1) is 60.3 Å². The van der Waals surface area contributed by atoms with Crippen LogP contribution in [-0.2, 0) is 4.79 Å². The van der Waals surface area contributed by atoms with Crippen molar-refractivity contribution in [1.82, 2.24) is 121 Å². The van der Waals surface area contributed by atoms with Crippen molar-refractivity contribution in [2.24, 2.45) is 4.99 Å². The van der Waals surface area contributed by atoms with Gasteiger partial charge in [-0.15, -0.1) is 0 Å². The third-order valence-corrected chi connectivity index (χ3v) is 8.50. The van der Waals surface area contributed by atoms with Crippen LogP contribution in [0.2, 0.25) is 0 Å². The summed E-state index contributed by atoms with van der Waals surface area (Å²) in [7, 11) is 0. The maximum Gasteiger partial charge on any atom is 0.266 e. The zero-order valence-corrected chi connectivity index (χ0v) is 40.5. The number of H-pyrrole nitrogens is 10. The van der Waals surface area contributed by atoms with E-state index in [9.17, 15) is 14.4 Å². The Kier molecular flexibility index (Phi) is 26.3. The minimum Gasteiger partial charge on any atom is -0.351 e. The molecule has 0 spiro atoms. The van der Waals surface area contributed by atoms with Crippen molar-refractivity contribution in [2.45, 2.75) is 6.42 Å². The molecule has 3 aromatic carbocycles. The first-order chi connectivity index (χ1) is 38.0. The number of para-hydroxylation sites is 5. The first-order valence-electron chi connectivity index (χ1n) is 22.4. The van der Waals surface area contributed by atoms with Crippen molar-refractivity contribution >= 4 is 56.1 Å². The summed E-state index contributed by atoms with van der Waals surface area (Å²) in [6.45, 7) is 0. The van der Waals surface area contributed by atoms with E-state index in [0.29, 0.717) is 6.42 Å². The first kappa shape index (κ1) is 56.1. The van der Waals surface area contributed by atoms with Gasteiger partial charge >= 0.3 is 0 Å². The van der Waals surface area contributed by atoms with Crippen LogP contribution in [0, 0.1) is 0 Å². The van der Waals surface area contributed by atoms with Crippen molar-refractivity contribution in [3.05, 3.63) is 242 Å². The first-order valence-corrected chi connectivity index (χ1v) is 22.4. The molecule has 0 saturated carbocycles. The summed E-state index contributed by atoms with van der Waals surface area (Å²) < 4.78 is 0. The molecule has 0 unspecified atom stereocenters. The molecule has 14 aromatic rings. The maximum atomic E-state index is 10.2. The van der Waals surface area contributed by atoms with Crippen LogP contribution in [0.25, 0.3) is 44.0 Å². The Balaban J connectivity index is 0.000000157. The number of aromatic nitrogens is 24. The molecule has 0 fully saturated rings. The monoisotopic (exact) mass is 1040 g/mol. The molecule has 0 atom stereocenters. The third kappa shape index (κ3) is 24.7. The van der Waals surface area contributed by atoms with Crippen LogP contribution >= 0.6 is 0 Å². The number of carbonyl (C=O) groups excluding carboxylic acids is 1. The second-order valence-corrected chi connectivity index (χ2v) is 13.8. The topological polar surface area (TPSA) is 402 Å². The summed E-state index contributed by atoms with van der Waals surface area (Å²) in [6, 6.07) is 28.8. The molecule has 1 aliphatic heterocycles. The zero-order chi connectivity index (χ0) is 53.9. The lowest BCUT2D eigenvalue weighted by molar-refractivity contribution is -0.117. The van der Waals surface area contributed by atoms with Gasteiger partial charge in [0.2, 0.25) is 5.91 Å². The predicted octanol–water partition coefficient (Wildman–Crippen LogP) is 5.55. The number of hydrogen-bond acceptors (Lipinski definition) is 17. The molecule has 28 nitrogen and oxygen atoms in total. The lowest BCUT2D eigenvalue weighted by Crippen LogP contribution is -2.01. The quantitative estimate of drug-likeness (QED) is 0.0889. The number of aliphatic imine (C=N–C) groups is 1. The van der Waals surface area contributed by atoms with Gasteiger partial charge < -0.3 is 24.9 Å². The predicted molar refractivity (Wildman–Crippen MR) is 287 cm³/mol. The Morgan fingerprint density at radius 3 is 1.70 bits per heavy atom. The van der Waals surface area contributed by atoms with E-state index in [4.69, 9.17) is 0 Å². The molecule has 388 valence electrons. The molecule has 12 heterocycles. The van der Waals surface area contributed by atoms with Crippen LogP contribution < -0.4 is 11.1 Å². The molecule has 28 heteroatoms. The highest BCUT2D eigenvalue weighted by Gasteiger charge is 1.94. The number of imidazole rings is 2. The molecule has 0 aliphatic carbocycles. The lowest BCUT2D eigenvalue weighted by atomic mass is 10.3. The maximum absolute atomic E-state index is 10.2. The number of nitrogens with zero attached hydrogens (tertiary/aromatic N) is 15. The van der Waals surface area contributed by atoms with Gasteiger partial charge in [-0.05, 0) is 48.5 Å². The van der Waals surface area contributed by atoms with Crippen LogP contribution in [0.15, 0.2) is 236 Å². The molecule has 0 radical (unpaired) electrons. The summed E-state index contributed by atoms with van der Waals surface area (Å²) in [5.74, 6) is -0.0532. The van der Waals surface area contributed by atoms with E-state index in [1.807, 2.05) is 97.3 Å². The summed E-state index contributed by atoms with van der Waals surface area (Å²) in [4.78, 5) is 73.8. The highest BCUT2D eigenvalue weighted by molar-refractivity contribution is 5.92. The number of fused-ring (bicyclic) bond motifs is 4. The number of nitrogens with one attached hydrogen (secondary N) is 10. The second kappa shape index (κ2) is 36.1. The molecule has 15 rings (SSSR count). The second-order valence-electron chi connectivity index (χ2n) is 13.8. The van der Waals surface area contributed by atoms with E-state index in [1.54, 1.807) is 68.2 Å². The minimum atomic E-state index is -0.164. The Labute approximate surface area is 434 Å². The molecular weight excluding hydrogens is 987 g/mol. The minimum absolute atomic E-state index is 0.0532. The van der Waals surface area contributed by atoms with Gasteiger partial charge in [-0.3, -0.25) is 34.7 Å². The normalized spacial score (nSPS) is 10.1. The van der Waals surface area contributed by atoms with Crippen LogP contribution in [0.4, 0.5) is 0 Å². The smallest absolute Gasteiger partial charge is 0.266 e. The number of aromatic amines is 10. The molecular formula is C49H49N25O3. The highest BCUT2D eigenvalue weighted by atomic mass is 16.1. The van der Waals surface area contributed by atoms with Crippen molar-refractivity contribution in [2.75, 3.05) is 0 Å². The average Bonchev–Trinajstić information content (AvgIpc) is 4.33. The standard InChI is InChI=1S/2C7H6N2.2C6H5N3.C5H5NO.2C4H4N2O.2C3H4N2.2C2H3N3/c1-2-4-7-6(3-1)8-5-9-7;1-2-4-7-6(3-1)5-8-9-7;1-2-8-6-5(1)3-7-4-9-6;1-2-4-6-5(3-1)7-9-8-6;7-5-3-1-2-4-6-5;7-4-3-5-1-2-6-4;7-4-1-2-5-3-6-4;1-2-5-3-4-1;1-2-4-5-3-1;1-3-2-5-4-1;1-2-4-5-3-1/h2*1-5H,(H,8,9);2*1-4H,(H,7,8,9);1-2,4H,3H2;1-3H,(H,6,7);1-3H,(H,5,6,7);2*1-3H,(H,4,5);2*1-2H,(H,3,4,5). The Bertz CT molecular complexity index is 3110. The van der Waals surface area contributed by atoms with Crippen molar-refractivity contribution < 1.29 is 4.79 Å². The van der Waals surface area contributed by atoms with Crippen molar-refractivity contribution in [3.8, 4) is 0 Å². The Morgan fingerprint density at radius 1 is 0.442 bits per heavy atom. The molecule has 10 N–H and O–H groups in total. The largest absolute Gasteiger partial charge is 0.351 e. The van der Waals surface area contributed by atoms with E-state index >= 15 is 0 Å². The number of amides is 1. The summed E-state index contributed by atoms with van der Waals surface area (Å²) in [6.07, 6.45) is 35.9. The van der Waals surface area contributed by atoms with Gasteiger partial charge in [0.1, 0.15) is 35.7 Å². The molecule has 0 bridgehead atoms. The number of allylic oxidation sites excluding steroid dienone is 1. The molecule has 11 aromatic heterocycles. The van der Waals surface area contributed by atoms with E-state index < -0.39 is 0 Å². The lowest BCUT2D eigenvalue weighted by Gasteiger charge is -1.88. The van der Waals surface area contributed by atoms with E-state index in [1.165, 1.54) is 62.4 Å². The number of rotatable bonds is 0. The van der Waals surface area contributed by atoms with Crippen molar-refractivity contribution in [1.29, 1.82) is 0 Å². The van der Waals surface area contributed by atoms with E-state index in [-0.39, 0.29) is 17.0 Å². The highest BCUT2D eigenvalue weighted by Crippen LogP contribution is 2.08. The zero-order valence-electron chi connectivity index (χ0n) is 40.5. The molecule has 0 saturated heterocycles. The fraction of sp³-hybridized carbons (Fsp3) is 0.0204. The number of benzene rings is 3. The van der Waals surface area contributed by atoms with E-state index in [2.05, 4.69) is 126 Å². The number of hydrogen-bond donors (Lipinski definition) is 10. The molecule has 77 heavy (non-hydrogen) atoms. The van der Waals surface area contributed by atoms with Crippen LogP contribution in [0.3, 0.4) is 0 Å². The van der Waals surface area contributed by atoms with Gasteiger partial charge in [-0.25, -0.2) is 34.9 Å². The van der Waals surface area contributed by atoms with Gasteiger partial charge in [-0.1, -0.05) is 48.5 Å². The van der Waals surface area contributed by atoms with Crippen LogP contribution in [0.1, 0.15) is 6.42 Å². The van der Waals surface area contributed by atoms with E-state index in [0.717, 1.165) is 44.0 Å². The van der Waals surface area contributed by atoms with Gasteiger partial charge in [0.25, 0.3) is 11.1 Å². The van der Waals surface area contributed by atoms with Crippen LogP contribution in [-0.4, -0.2) is 133 Å². The average molecular weight is 1040 g/mol. The number of dihydropyridines is 1. The van der Waals surface area contributed by atoms with Crippen molar-refractivity contribution in [3.63, 3.8) is 0 Å². The van der Waals surface area contributed by atoms with Gasteiger partial charge in [0.15, 0.2) is 0 Å². The summed E-state index contributed by atoms with van der Waals surface area (Å²) in [5, 5.41) is 40.8. The third-order valence-electron chi connectivity index (χ3n) is 8.50. The fourth-order valence-electron chi connectivity index (χ4n) is 5.13. The Hall–Kier alpha value is -11.8. The summed E-state index contributed by atoms with van der Waals surface area (Å²) in [5.41, 5.74) is 5.66. The van der Waals surface area contributed by atoms with Gasteiger partial charge in [-0.2, -0.15) is 46.1 Å².